The number of hydrogen-bond donors (Lipinski definition) is 7. The zero-order chi connectivity index (χ0) is 61.2. The molecule has 0 aromatic heterocycles. The summed E-state index contributed by atoms with van der Waals surface area (Å²) >= 11 is 32.0. The lowest BCUT2D eigenvalue weighted by molar-refractivity contribution is -0.151. The monoisotopic (exact) mass is 2210 g/mol. The number of carboxylic acids is 4. The summed E-state index contributed by atoms with van der Waals surface area (Å²) in [5.74, 6) is -8.08. The Morgan fingerprint density at radius 1 is 0.442 bits per heavy atom. The van der Waals surface area contributed by atoms with Gasteiger partial charge in [-0.3, -0.25) is 38.4 Å². The number of carbonyl (C=O) groups is 12. The van der Waals surface area contributed by atoms with Gasteiger partial charge in [-0.25, -0.2) is 23.4 Å². The number of carboxylic acid groups (broad SMARTS) is 4. The molecule has 424 valence electrons. The zero-order valence-electron chi connectivity index (χ0n) is 38.3. The third-order valence-corrected chi connectivity index (χ3v) is 18.3. The quantitative estimate of drug-likeness (QED) is 0.0259. The predicted octanol–water partition coefficient (Wildman–Crippen LogP) is 11.2. The number of carbonyl (C=O) groups excluding carboxylic acids is 8. The number of nitrogens with one attached hydrogen (secondary N) is 2. The van der Waals surface area contributed by atoms with Crippen molar-refractivity contribution in [2.45, 2.75) is 59.9 Å². The van der Waals surface area contributed by atoms with Crippen molar-refractivity contribution < 1.29 is 96.4 Å². The molecule has 38 heteroatoms. The maximum atomic E-state index is 12.2. The molecule has 23 nitrogen and oxygen atoms in total. The van der Waals surface area contributed by atoms with Crippen LogP contribution in [-0.4, -0.2) is 112 Å². The van der Waals surface area contributed by atoms with Crippen molar-refractivity contribution in [1.82, 2.24) is 0 Å². The van der Waals surface area contributed by atoms with E-state index in [0.717, 1.165) is 6.92 Å². The molecule has 0 bridgehead atoms. The molecule has 0 fully saturated rings. The molecular formula is C39H29Cl5I9N3O20S. The molecule has 3 aromatic carbocycles. The lowest BCUT2D eigenvalue weighted by atomic mass is 10.1. The number of hydrogen-bond acceptors (Lipinski definition) is 17. The van der Waals surface area contributed by atoms with Crippen molar-refractivity contribution in [3.63, 3.8) is 0 Å². The highest BCUT2D eigenvalue weighted by molar-refractivity contribution is 14.1. The molecule has 3 aromatic rings. The highest BCUT2D eigenvalue weighted by atomic mass is 127. The fourth-order valence-electron chi connectivity index (χ4n) is 4.68. The fourth-order valence-corrected chi connectivity index (χ4v) is 18.6. The van der Waals surface area contributed by atoms with Crippen LogP contribution >= 0.6 is 259 Å². The molecule has 0 saturated carbocycles. The minimum absolute atomic E-state index is 0.0513. The third kappa shape index (κ3) is 25.3. The van der Waals surface area contributed by atoms with Crippen LogP contribution < -0.4 is 16.4 Å². The number of anilines is 3. The standard InChI is InChI=1S/C13H8Cl2I3NO5.C13H10I3NO7.C8H4I3NO4.C5H7ClO3.Cl2OS/c1-3(24-4(2)20)13(23)19-10-8(17)5(11(14)21)7(16)6(9(10)18)12(15)22;1-3(24-4(2)18)11(19)17-10-8(15)5(12(20)21)7(14)6(9(10)16)13(22)23;9-3-1(7(13)14)4(10)6(12)5(11)2(3)8(15)16;1-3(5(6)8)9-4(2)7;1-4(2)3/h3H,1-2H3,(H,19,23);3H,1-2H3,(H,17,19)(H,20,21)(H,22,23);12H2,(H,13,14)(H,15,16);3H,1-2H3;/t2*3-;;3-;/m00.0./s1. The summed E-state index contributed by atoms with van der Waals surface area (Å²) in [5.41, 5.74) is 5.71. The van der Waals surface area contributed by atoms with Gasteiger partial charge in [0.05, 0.1) is 71.9 Å². The van der Waals surface area contributed by atoms with Crippen LogP contribution in [0.5, 0.6) is 0 Å². The normalized spacial score (nSPS) is 11.2. The summed E-state index contributed by atoms with van der Waals surface area (Å²) in [5, 5.41) is 39.4. The lowest BCUT2D eigenvalue weighted by Gasteiger charge is -2.18. The largest absolute Gasteiger partial charge is 0.478 e. The zero-order valence-corrected chi connectivity index (χ0v) is 62.3. The van der Waals surface area contributed by atoms with Gasteiger partial charge in [-0.05, 0) is 259 Å². The highest BCUT2D eigenvalue weighted by Crippen LogP contribution is 2.39. The van der Waals surface area contributed by atoms with Gasteiger partial charge in [0.1, 0.15) is 0 Å². The van der Waals surface area contributed by atoms with Gasteiger partial charge in [-0.15, -0.1) is 0 Å². The van der Waals surface area contributed by atoms with Gasteiger partial charge in [0.15, 0.2) is 18.3 Å². The lowest BCUT2D eigenvalue weighted by Crippen LogP contribution is -2.30. The Balaban J connectivity index is 0. The average Bonchev–Trinajstić information content (AvgIpc) is 3.24. The van der Waals surface area contributed by atoms with Gasteiger partial charge in [-0.1, -0.05) is 0 Å². The number of benzene rings is 3. The molecule has 0 aliphatic heterocycles. The van der Waals surface area contributed by atoms with Crippen molar-refractivity contribution >= 4 is 355 Å². The van der Waals surface area contributed by atoms with Crippen LogP contribution in [-0.2, 0) is 52.2 Å². The van der Waals surface area contributed by atoms with Crippen LogP contribution in [0.4, 0.5) is 17.1 Å². The Hall–Kier alpha value is -0.130. The number of amides is 2. The summed E-state index contributed by atoms with van der Waals surface area (Å²) in [4.78, 5) is 135. The first-order valence-electron chi connectivity index (χ1n) is 18.8. The van der Waals surface area contributed by atoms with E-state index >= 15 is 0 Å². The number of nitrogens with two attached hydrogens (primary N) is 1. The second-order valence-electron chi connectivity index (χ2n) is 13.2. The highest BCUT2D eigenvalue weighted by Gasteiger charge is 2.31. The second kappa shape index (κ2) is 37.2. The van der Waals surface area contributed by atoms with Crippen LogP contribution in [0.2, 0.25) is 0 Å². The van der Waals surface area contributed by atoms with Gasteiger partial charge in [0, 0.05) is 52.8 Å². The van der Waals surface area contributed by atoms with Crippen molar-refractivity contribution in [1.29, 1.82) is 0 Å². The van der Waals surface area contributed by atoms with E-state index in [1.807, 2.05) is 45.2 Å². The van der Waals surface area contributed by atoms with Crippen LogP contribution in [0.3, 0.4) is 0 Å². The first-order valence-corrected chi connectivity index (χ1v) is 32.4. The number of esters is 3. The molecule has 77 heavy (non-hydrogen) atoms. The Bertz CT molecular complexity index is 2710. The van der Waals surface area contributed by atoms with Gasteiger partial charge < -0.3 is 51.0 Å². The van der Waals surface area contributed by atoms with E-state index in [2.05, 4.69) is 36.7 Å². The predicted molar refractivity (Wildman–Crippen MR) is 358 cm³/mol. The van der Waals surface area contributed by atoms with Crippen molar-refractivity contribution in [3.8, 4) is 0 Å². The van der Waals surface area contributed by atoms with Gasteiger partial charge in [-0.2, -0.15) is 0 Å². The summed E-state index contributed by atoms with van der Waals surface area (Å²) in [6.07, 6.45) is -3.00. The van der Waals surface area contributed by atoms with Crippen LogP contribution in [0.15, 0.2) is 0 Å². The van der Waals surface area contributed by atoms with Crippen LogP contribution in [0.1, 0.15) is 104 Å². The van der Waals surface area contributed by atoms with Gasteiger partial charge >= 0.3 is 41.8 Å². The van der Waals surface area contributed by atoms with Gasteiger partial charge in [0.25, 0.3) is 27.5 Å². The smallest absolute Gasteiger partial charge is 0.337 e. The Morgan fingerprint density at radius 3 is 0.844 bits per heavy atom. The number of aromatic carboxylic acids is 4. The van der Waals surface area contributed by atoms with E-state index in [4.69, 9.17) is 64.4 Å². The second-order valence-corrected chi connectivity index (χ2v) is 26.5. The molecule has 0 spiro atoms. The van der Waals surface area contributed by atoms with Crippen molar-refractivity contribution in [2.24, 2.45) is 0 Å². The molecule has 3 rings (SSSR count). The molecule has 0 heterocycles. The molecule has 0 saturated heterocycles. The van der Waals surface area contributed by atoms with Crippen LogP contribution in [0.25, 0.3) is 0 Å². The molecule has 0 aliphatic rings. The third-order valence-electron chi connectivity index (χ3n) is 7.82. The Morgan fingerprint density at radius 2 is 0.649 bits per heavy atom. The Labute approximate surface area is 583 Å². The van der Waals surface area contributed by atoms with E-state index in [9.17, 15) is 67.7 Å². The van der Waals surface area contributed by atoms with E-state index in [0.29, 0.717) is 17.9 Å². The molecule has 0 aliphatic carbocycles. The average molecular weight is 2210 g/mol. The first-order chi connectivity index (χ1) is 35.0. The molecule has 0 radical (unpaired) electrons. The van der Waals surface area contributed by atoms with E-state index < -0.39 is 96.9 Å². The minimum Gasteiger partial charge on any atom is -0.478 e. The van der Waals surface area contributed by atoms with E-state index in [-0.39, 0.29) is 64.7 Å². The summed E-state index contributed by atoms with van der Waals surface area (Å²) in [7, 11) is 7.36. The maximum Gasteiger partial charge on any atom is 0.337 e. The van der Waals surface area contributed by atoms with E-state index in [1.165, 1.54) is 34.6 Å². The SMILES string of the molecule is CC(=O)O[C@@H](C)C(=O)Cl.CC(=O)O[C@@H](C)C(=O)Nc1c(I)c(C(=O)Cl)c(I)c(C(=O)Cl)c1I.CC(=O)O[C@@H](C)C(=O)Nc1c(I)c(C(=O)O)c(I)c(C(=O)O)c1I.Nc1c(I)c(C(=O)O)c(I)c(C(=O)O)c1I.O=S(Cl)Cl. The molecule has 3 atom stereocenters. The van der Waals surface area contributed by atoms with Crippen molar-refractivity contribution in [3.05, 3.63) is 65.5 Å². The molecule has 8 N–H and O–H groups in total. The summed E-state index contributed by atoms with van der Waals surface area (Å²) < 4.78 is 25.4. The number of nitrogen functional groups attached to an aromatic ring is 1. The first kappa shape index (κ1) is 78.9. The van der Waals surface area contributed by atoms with Gasteiger partial charge in [0.2, 0.25) is 9.23 Å². The fraction of sp³-hybridized carbons (Fsp3) is 0.231. The summed E-state index contributed by atoms with van der Waals surface area (Å²) in [6, 6.07) is 0. The van der Waals surface area contributed by atoms with E-state index in [1.54, 1.807) is 158 Å². The Kier molecular flexibility index (Phi) is 38.2. The summed E-state index contributed by atoms with van der Waals surface area (Å²) in [6.45, 7) is 7.70. The van der Waals surface area contributed by atoms with Crippen molar-refractivity contribution in [2.75, 3.05) is 16.4 Å². The number of halogens is 14. The topological polar surface area (TPSA) is 381 Å². The maximum absolute atomic E-state index is 12.2. The molecule has 2 amide bonds. The number of rotatable bonds is 14. The number of ether oxygens (including phenoxy) is 3. The minimum atomic E-state index is -1.67. The molecular weight excluding hydrogens is 2180 g/mol. The van der Waals surface area contributed by atoms with Crippen LogP contribution in [0, 0.1) is 32.1 Å². The molecule has 0 unspecified atom stereocenters.